The van der Waals surface area contributed by atoms with Gasteiger partial charge in [0.2, 0.25) is 0 Å². The Morgan fingerprint density at radius 2 is 1.82 bits per heavy atom. The molecule has 1 aromatic carbocycles. The van der Waals surface area contributed by atoms with Crippen molar-refractivity contribution >= 4 is 11.9 Å². The largest absolute Gasteiger partial charge is 0.354 e. The quantitative estimate of drug-likeness (QED) is 0.346. The minimum Gasteiger partial charge on any atom is -0.354 e. The first-order chi connectivity index (χ1) is 13.7. The highest BCUT2D eigenvalue weighted by Crippen LogP contribution is 2.10. The minimum absolute atomic E-state index is 0.000138. The molecular formula is C22H37N5O. The number of nitrogens with zero attached hydrogens (tertiary/aromatic N) is 2. The van der Waals surface area contributed by atoms with E-state index < -0.39 is 0 Å². The van der Waals surface area contributed by atoms with Crippen LogP contribution in [-0.2, 0) is 6.54 Å². The summed E-state index contributed by atoms with van der Waals surface area (Å²) in [7, 11) is 1.81. The lowest BCUT2D eigenvalue weighted by Gasteiger charge is -2.32. The van der Waals surface area contributed by atoms with E-state index in [4.69, 9.17) is 0 Å². The smallest absolute Gasteiger partial charge is 0.251 e. The molecule has 156 valence electrons. The number of carbonyl (C=O) groups is 1. The number of benzene rings is 1. The van der Waals surface area contributed by atoms with Gasteiger partial charge in [-0.15, -0.1) is 0 Å². The fourth-order valence-electron chi connectivity index (χ4n) is 3.45. The van der Waals surface area contributed by atoms with Gasteiger partial charge in [0.25, 0.3) is 5.91 Å². The maximum absolute atomic E-state index is 12.1. The van der Waals surface area contributed by atoms with Gasteiger partial charge in [-0.05, 0) is 49.9 Å². The Labute approximate surface area is 170 Å². The standard InChI is InChI=1S/C22H37N5O/c1-4-6-13-24-21(28)19-9-7-18(8-10-19)17-25-22(23-3)26-20-11-15-27(14-5-2)16-12-20/h7-10,20H,4-6,11-17H2,1-3H3,(H,24,28)(H2,23,25,26). The molecule has 28 heavy (non-hydrogen) atoms. The summed E-state index contributed by atoms with van der Waals surface area (Å²) in [6, 6.07) is 8.25. The summed E-state index contributed by atoms with van der Waals surface area (Å²) in [4.78, 5) is 19.0. The molecule has 0 unspecified atom stereocenters. The van der Waals surface area contributed by atoms with Crippen molar-refractivity contribution in [3.8, 4) is 0 Å². The number of amides is 1. The average Bonchev–Trinajstić information content (AvgIpc) is 2.73. The highest BCUT2D eigenvalue weighted by atomic mass is 16.1. The average molecular weight is 388 g/mol. The van der Waals surface area contributed by atoms with E-state index in [9.17, 15) is 4.79 Å². The molecule has 0 spiro atoms. The molecule has 0 atom stereocenters. The van der Waals surface area contributed by atoms with Crippen LogP contribution in [0.4, 0.5) is 0 Å². The predicted molar refractivity (Wildman–Crippen MR) is 117 cm³/mol. The predicted octanol–water partition coefficient (Wildman–Crippen LogP) is 2.76. The van der Waals surface area contributed by atoms with Crippen molar-refractivity contribution in [3.63, 3.8) is 0 Å². The molecule has 0 bridgehead atoms. The number of carbonyl (C=O) groups excluding carboxylic acids is 1. The van der Waals surface area contributed by atoms with E-state index in [-0.39, 0.29) is 5.91 Å². The number of nitrogens with one attached hydrogen (secondary N) is 3. The lowest BCUT2D eigenvalue weighted by Crippen LogP contribution is -2.48. The first-order valence-corrected chi connectivity index (χ1v) is 10.7. The molecule has 1 aliphatic heterocycles. The molecule has 0 radical (unpaired) electrons. The highest BCUT2D eigenvalue weighted by Gasteiger charge is 2.19. The summed E-state index contributed by atoms with van der Waals surface area (Å²) < 4.78 is 0. The van der Waals surface area contributed by atoms with E-state index >= 15 is 0 Å². The minimum atomic E-state index is -0.000138. The molecule has 0 saturated carbocycles. The van der Waals surface area contributed by atoms with Crippen LogP contribution in [0.25, 0.3) is 0 Å². The molecule has 1 fully saturated rings. The molecular weight excluding hydrogens is 350 g/mol. The Hall–Kier alpha value is -2.08. The van der Waals surface area contributed by atoms with E-state index in [1.165, 1.54) is 13.0 Å². The van der Waals surface area contributed by atoms with E-state index in [0.717, 1.165) is 56.8 Å². The Bertz CT molecular complexity index is 606. The first-order valence-electron chi connectivity index (χ1n) is 10.7. The van der Waals surface area contributed by atoms with Crippen LogP contribution in [-0.4, -0.2) is 56.0 Å². The Morgan fingerprint density at radius 1 is 1.11 bits per heavy atom. The number of rotatable bonds is 9. The molecule has 3 N–H and O–H groups in total. The number of hydrogen-bond donors (Lipinski definition) is 3. The van der Waals surface area contributed by atoms with E-state index in [1.807, 2.05) is 31.3 Å². The van der Waals surface area contributed by atoms with Gasteiger partial charge in [0.05, 0.1) is 0 Å². The maximum atomic E-state index is 12.1. The van der Waals surface area contributed by atoms with Crippen molar-refractivity contribution in [3.05, 3.63) is 35.4 Å². The highest BCUT2D eigenvalue weighted by molar-refractivity contribution is 5.94. The van der Waals surface area contributed by atoms with Crippen LogP contribution < -0.4 is 16.0 Å². The van der Waals surface area contributed by atoms with Crippen molar-refractivity contribution in [1.82, 2.24) is 20.9 Å². The fraction of sp³-hybridized carbons (Fsp3) is 0.636. The van der Waals surface area contributed by atoms with Crippen LogP contribution in [0.15, 0.2) is 29.3 Å². The van der Waals surface area contributed by atoms with Gasteiger partial charge >= 0.3 is 0 Å². The summed E-state index contributed by atoms with van der Waals surface area (Å²) in [5.74, 6) is 0.843. The SMILES string of the molecule is CCCCNC(=O)c1ccc(CNC(=NC)NC2CCN(CCC)CC2)cc1. The van der Waals surface area contributed by atoms with Crippen LogP contribution in [0.1, 0.15) is 61.9 Å². The molecule has 1 aromatic rings. The summed E-state index contributed by atoms with van der Waals surface area (Å²) in [6.45, 7) is 9.29. The summed E-state index contributed by atoms with van der Waals surface area (Å²) in [5.41, 5.74) is 1.84. The van der Waals surface area contributed by atoms with Crippen molar-refractivity contribution in [1.29, 1.82) is 0 Å². The van der Waals surface area contributed by atoms with Crippen LogP contribution in [0.3, 0.4) is 0 Å². The second-order valence-corrected chi connectivity index (χ2v) is 7.49. The molecule has 6 nitrogen and oxygen atoms in total. The molecule has 6 heteroatoms. The Morgan fingerprint density at radius 3 is 2.43 bits per heavy atom. The maximum Gasteiger partial charge on any atom is 0.251 e. The second-order valence-electron chi connectivity index (χ2n) is 7.49. The van der Waals surface area contributed by atoms with Crippen molar-refractivity contribution in [2.45, 2.75) is 58.5 Å². The monoisotopic (exact) mass is 387 g/mol. The van der Waals surface area contributed by atoms with Crippen LogP contribution >= 0.6 is 0 Å². The van der Waals surface area contributed by atoms with Crippen molar-refractivity contribution in [2.75, 3.05) is 33.2 Å². The van der Waals surface area contributed by atoms with E-state index in [1.54, 1.807) is 0 Å². The van der Waals surface area contributed by atoms with E-state index in [0.29, 0.717) is 18.2 Å². The van der Waals surface area contributed by atoms with E-state index in [2.05, 4.69) is 39.7 Å². The number of hydrogen-bond acceptors (Lipinski definition) is 3. The van der Waals surface area contributed by atoms with Crippen molar-refractivity contribution < 1.29 is 4.79 Å². The lowest BCUT2D eigenvalue weighted by atomic mass is 10.1. The van der Waals surface area contributed by atoms with Gasteiger partial charge in [0.1, 0.15) is 0 Å². The molecule has 0 aromatic heterocycles. The van der Waals surface area contributed by atoms with Crippen LogP contribution in [0, 0.1) is 0 Å². The molecule has 0 aliphatic carbocycles. The topological polar surface area (TPSA) is 68.8 Å². The number of piperidine rings is 1. The number of unbranched alkanes of at least 4 members (excludes halogenated alkanes) is 1. The molecule has 1 saturated heterocycles. The van der Waals surface area contributed by atoms with Crippen molar-refractivity contribution in [2.24, 2.45) is 4.99 Å². The summed E-state index contributed by atoms with van der Waals surface area (Å²) in [5, 5.41) is 9.88. The lowest BCUT2D eigenvalue weighted by molar-refractivity contribution is 0.0953. The fourth-order valence-corrected chi connectivity index (χ4v) is 3.45. The van der Waals surface area contributed by atoms with Crippen LogP contribution in [0.2, 0.25) is 0 Å². The number of likely N-dealkylation sites (tertiary alicyclic amines) is 1. The zero-order chi connectivity index (χ0) is 20.2. The normalized spacial score (nSPS) is 16.0. The zero-order valence-corrected chi connectivity index (χ0v) is 17.8. The summed E-state index contributed by atoms with van der Waals surface area (Å²) >= 11 is 0. The second kappa shape index (κ2) is 12.4. The number of aliphatic imine (C=N–C) groups is 1. The Balaban J connectivity index is 1.75. The van der Waals surface area contributed by atoms with Gasteiger partial charge in [-0.25, -0.2) is 0 Å². The third-order valence-electron chi connectivity index (χ3n) is 5.18. The molecule has 1 aliphatic rings. The van der Waals surface area contributed by atoms with Gasteiger partial charge in [0.15, 0.2) is 5.96 Å². The zero-order valence-electron chi connectivity index (χ0n) is 17.8. The Kier molecular flexibility index (Phi) is 9.83. The summed E-state index contributed by atoms with van der Waals surface area (Å²) in [6.07, 6.45) is 5.63. The molecule has 1 heterocycles. The molecule has 1 amide bonds. The van der Waals surface area contributed by atoms with Crippen LogP contribution in [0.5, 0.6) is 0 Å². The molecule has 2 rings (SSSR count). The van der Waals surface area contributed by atoms with Gasteiger partial charge in [-0.1, -0.05) is 32.4 Å². The first kappa shape index (κ1) is 22.2. The third-order valence-corrected chi connectivity index (χ3v) is 5.18. The van der Waals surface area contributed by atoms with Gasteiger partial charge in [-0.2, -0.15) is 0 Å². The van der Waals surface area contributed by atoms with Gasteiger partial charge in [-0.3, -0.25) is 9.79 Å². The van der Waals surface area contributed by atoms with Gasteiger partial charge in [0, 0.05) is 44.8 Å². The van der Waals surface area contributed by atoms with Gasteiger partial charge < -0.3 is 20.9 Å². The number of guanidine groups is 1. The third kappa shape index (κ3) is 7.50.